The average molecular weight is 405 g/mol. The van der Waals surface area contributed by atoms with Crippen molar-refractivity contribution >= 4 is 12.0 Å². The van der Waals surface area contributed by atoms with Crippen LogP contribution in [0.15, 0.2) is 30.3 Å². The maximum Gasteiger partial charge on any atom is 0.410 e. The summed E-state index contributed by atoms with van der Waals surface area (Å²) in [5.41, 5.74) is 0.707. The molecule has 0 spiro atoms. The first kappa shape index (κ1) is 23.2. The van der Waals surface area contributed by atoms with Crippen LogP contribution in [-0.4, -0.2) is 48.2 Å². The number of amides is 2. The first-order chi connectivity index (χ1) is 13.8. The van der Waals surface area contributed by atoms with E-state index in [1.807, 2.05) is 39.0 Å². The van der Waals surface area contributed by atoms with E-state index in [-0.39, 0.29) is 18.0 Å². The predicted octanol–water partition coefficient (Wildman–Crippen LogP) is 4.28. The quantitative estimate of drug-likeness (QED) is 0.624. The Bertz CT molecular complexity index is 620. The molecule has 1 heterocycles. The summed E-state index contributed by atoms with van der Waals surface area (Å²) < 4.78 is 11.1. The molecule has 1 aliphatic heterocycles. The van der Waals surface area contributed by atoms with Crippen molar-refractivity contribution in [3.05, 3.63) is 35.9 Å². The van der Waals surface area contributed by atoms with Gasteiger partial charge in [-0.1, -0.05) is 36.8 Å². The number of hydrogen-bond donors (Lipinski definition) is 1. The number of nitrogens with one attached hydrogen (secondary N) is 1. The van der Waals surface area contributed by atoms with E-state index in [4.69, 9.17) is 9.47 Å². The Morgan fingerprint density at radius 1 is 1.07 bits per heavy atom. The molecule has 0 radical (unpaired) electrons. The second kappa shape index (κ2) is 11.8. The zero-order valence-corrected chi connectivity index (χ0v) is 18.1. The topological polar surface area (TPSA) is 67.9 Å². The Morgan fingerprint density at radius 3 is 2.41 bits per heavy atom. The SMILES string of the molecule is CC(C)(C)OC(=O)N1CCC(NC(=O)CCCCCOCc2ccccc2)CC1. The number of ether oxygens (including phenoxy) is 2. The maximum absolute atomic E-state index is 12.1. The normalized spacial score (nSPS) is 15.2. The predicted molar refractivity (Wildman–Crippen MR) is 114 cm³/mol. The first-order valence-corrected chi connectivity index (χ1v) is 10.7. The van der Waals surface area contributed by atoms with Gasteiger partial charge in [-0.2, -0.15) is 0 Å². The van der Waals surface area contributed by atoms with Crippen molar-refractivity contribution in [2.24, 2.45) is 0 Å². The number of carbonyl (C=O) groups excluding carboxylic acids is 2. The van der Waals surface area contributed by atoms with E-state index in [1.165, 1.54) is 5.56 Å². The Balaban J connectivity index is 1.49. The largest absolute Gasteiger partial charge is 0.444 e. The molecule has 162 valence electrons. The van der Waals surface area contributed by atoms with Crippen LogP contribution in [0.4, 0.5) is 4.79 Å². The highest BCUT2D eigenvalue weighted by atomic mass is 16.6. The standard InChI is InChI=1S/C23H36N2O4/c1-23(2,3)29-22(27)25-15-13-20(14-16-25)24-21(26)12-8-5-9-17-28-18-19-10-6-4-7-11-19/h4,6-7,10-11,20H,5,8-9,12-18H2,1-3H3,(H,24,26). The summed E-state index contributed by atoms with van der Waals surface area (Å²) in [6.45, 7) is 8.22. The molecule has 1 aromatic rings. The fourth-order valence-electron chi connectivity index (χ4n) is 3.26. The smallest absolute Gasteiger partial charge is 0.410 e. The van der Waals surface area contributed by atoms with Crippen LogP contribution in [-0.2, 0) is 20.9 Å². The van der Waals surface area contributed by atoms with E-state index < -0.39 is 5.60 Å². The van der Waals surface area contributed by atoms with Gasteiger partial charge in [-0.3, -0.25) is 4.79 Å². The lowest BCUT2D eigenvalue weighted by Crippen LogP contribution is -2.47. The van der Waals surface area contributed by atoms with Crippen molar-refractivity contribution in [3.8, 4) is 0 Å². The second-order valence-electron chi connectivity index (χ2n) is 8.66. The third kappa shape index (κ3) is 9.79. The van der Waals surface area contributed by atoms with E-state index in [0.717, 1.165) is 38.7 Å². The molecule has 0 bridgehead atoms. The van der Waals surface area contributed by atoms with Gasteiger partial charge in [-0.15, -0.1) is 0 Å². The first-order valence-electron chi connectivity index (χ1n) is 10.7. The van der Waals surface area contributed by atoms with E-state index in [1.54, 1.807) is 4.90 Å². The number of rotatable bonds is 9. The highest BCUT2D eigenvalue weighted by Crippen LogP contribution is 2.15. The lowest BCUT2D eigenvalue weighted by Gasteiger charge is -2.33. The molecule has 6 heteroatoms. The number of benzene rings is 1. The number of unbranched alkanes of at least 4 members (excludes halogenated alkanes) is 2. The number of likely N-dealkylation sites (tertiary alicyclic amines) is 1. The Morgan fingerprint density at radius 2 is 1.76 bits per heavy atom. The highest BCUT2D eigenvalue weighted by Gasteiger charge is 2.27. The summed E-state index contributed by atoms with van der Waals surface area (Å²) in [5, 5.41) is 3.10. The average Bonchev–Trinajstić information content (AvgIpc) is 2.67. The zero-order chi connectivity index (χ0) is 21.1. The van der Waals surface area contributed by atoms with E-state index >= 15 is 0 Å². The molecule has 1 fully saturated rings. The van der Waals surface area contributed by atoms with Gasteiger partial charge in [0.1, 0.15) is 5.60 Å². The van der Waals surface area contributed by atoms with Gasteiger partial charge in [0.2, 0.25) is 5.91 Å². The van der Waals surface area contributed by atoms with Crippen molar-refractivity contribution in [1.82, 2.24) is 10.2 Å². The maximum atomic E-state index is 12.1. The van der Waals surface area contributed by atoms with Gasteiger partial charge >= 0.3 is 6.09 Å². The zero-order valence-electron chi connectivity index (χ0n) is 18.1. The van der Waals surface area contributed by atoms with Gasteiger partial charge in [0.25, 0.3) is 0 Å². The Labute approximate surface area is 174 Å². The van der Waals surface area contributed by atoms with Crippen molar-refractivity contribution in [2.45, 2.75) is 77.5 Å². The molecule has 2 amide bonds. The van der Waals surface area contributed by atoms with Gasteiger partial charge in [0.05, 0.1) is 6.61 Å². The van der Waals surface area contributed by atoms with Crippen molar-refractivity contribution in [3.63, 3.8) is 0 Å². The lowest BCUT2D eigenvalue weighted by molar-refractivity contribution is -0.122. The van der Waals surface area contributed by atoms with E-state index in [0.29, 0.717) is 26.1 Å². The molecule has 0 atom stereocenters. The van der Waals surface area contributed by atoms with Crippen LogP contribution < -0.4 is 5.32 Å². The third-order valence-corrected chi connectivity index (χ3v) is 4.82. The van der Waals surface area contributed by atoms with Gasteiger partial charge in [0, 0.05) is 32.2 Å². The number of nitrogens with zero attached hydrogens (tertiary/aromatic N) is 1. The molecule has 1 N–H and O–H groups in total. The molecule has 6 nitrogen and oxygen atoms in total. The molecule has 1 saturated heterocycles. The van der Waals surface area contributed by atoms with E-state index in [9.17, 15) is 9.59 Å². The Hall–Kier alpha value is -2.08. The minimum atomic E-state index is -0.477. The molecular formula is C23H36N2O4. The van der Waals surface area contributed by atoms with Crippen LogP contribution in [0.1, 0.15) is 64.9 Å². The molecule has 1 aromatic carbocycles. The van der Waals surface area contributed by atoms with Crippen LogP contribution in [0.25, 0.3) is 0 Å². The van der Waals surface area contributed by atoms with Crippen molar-refractivity contribution in [2.75, 3.05) is 19.7 Å². The lowest BCUT2D eigenvalue weighted by atomic mass is 10.0. The fraction of sp³-hybridized carbons (Fsp3) is 0.652. The van der Waals surface area contributed by atoms with Crippen molar-refractivity contribution in [1.29, 1.82) is 0 Å². The summed E-state index contributed by atoms with van der Waals surface area (Å²) in [4.78, 5) is 25.9. The van der Waals surface area contributed by atoms with Gasteiger partial charge < -0.3 is 19.7 Å². The second-order valence-corrected chi connectivity index (χ2v) is 8.66. The number of hydrogen-bond acceptors (Lipinski definition) is 4. The minimum absolute atomic E-state index is 0.103. The van der Waals surface area contributed by atoms with Crippen LogP contribution in [0.2, 0.25) is 0 Å². The summed E-state index contributed by atoms with van der Waals surface area (Å²) >= 11 is 0. The summed E-state index contributed by atoms with van der Waals surface area (Å²) in [6.07, 6.45) is 4.66. The third-order valence-electron chi connectivity index (χ3n) is 4.82. The summed E-state index contributed by atoms with van der Waals surface area (Å²) in [7, 11) is 0. The Kier molecular flexibility index (Phi) is 9.45. The van der Waals surface area contributed by atoms with Crippen LogP contribution in [0.3, 0.4) is 0 Å². The molecule has 1 aliphatic rings. The molecule has 0 saturated carbocycles. The fourth-order valence-corrected chi connectivity index (χ4v) is 3.26. The molecule has 0 aliphatic carbocycles. The molecule has 2 rings (SSSR count). The molecular weight excluding hydrogens is 368 g/mol. The van der Waals surface area contributed by atoms with Crippen LogP contribution in [0.5, 0.6) is 0 Å². The van der Waals surface area contributed by atoms with Gasteiger partial charge in [-0.05, 0) is 52.0 Å². The van der Waals surface area contributed by atoms with Crippen molar-refractivity contribution < 1.29 is 19.1 Å². The van der Waals surface area contributed by atoms with Gasteiger partial charge in [-0.25, -0.2) is 4.79 Å². The molecule has 0 unspecified atom stereocenters. The minimum Gasteiger partial charge on any atom is -0.444 e. The van der Waals surface area contributed by atoms with Gasteiger partial charge in [0.15, 0.2) is 0 Å². The summed E-state index contributed by atoms with van der Waals surface area (Å²) in [5.74, 6) is 0.103. The summed E-state index contributed by atoms with van der Waals surface area (Å²) in [6, 6.07) is 10.3. The molecule has 29 heavy (non-hydrogen) atoms. The number of piperidine rings is 1. The number of carbonyl (C=O) groups is 2. The molecule has 0 aromatic heterocycles. The monoisotopic (exact) mass is 404 g/mol. The van der Waals surface area contributed by atoms with E-state index in [2.05, 4.69) is 17.4 Å². The van der Waals surface area contributed by atoms with Crippen LogP contribution >= 0.6 is 0 Å². The van der Waals surface area contributed by atoms with Crippen LogP contribution in [0, 0.1) is 0 Å². The highest BCUT2D eigenvalue weighted by molar-refractivity contribution is 5.76.